The fourth-order valence-corrected chi connectivity index (χ4v) is 2.95. The van der Waals surface area contributed by atoms with Crippen LogP contribution in [0.25, 0.3) is 0 Å². The van der Waals surface area contributed by atoms with E-state index in [9.17, 15) is 0 Å². The first kappa shape index (κ1) is 13.7. The molecule has 1 rings (SSSR count). The third kappa shape index (κ3) is 3.89. The van der Waals surface area contributed by atoms with Crippen LogP contribution in [-0.2, 0) is 4.74 Å². The quantitative estimate of drug-likeness (QED) is 0.738. The smallest absolute Gasteiger partial charge is 0.0462 e. The molecule has 0 bridgehead atoms. The molecule has 0 aromatic carbocycles. The van der Waals surface area contributed by atoms with Gasteiger partial charge in [-0.05, 0) is 44.9 Å². The summed E-state index contributed by atoms with van der Waals surface area (Å²) in [5.74, 6) is 0. The molecule has 0 aliphatic rings. The summed E-state index contributed by atoms with van der Waals surface area (Å²) in [6.45, 7) is 8.42. The van der Waals surface area contributed by atoms with Crippen LogP contribution < -0.4 is 5.32 Å². The molecule has 1 aromatic heterocycles. The van der Waals surface area contributed by atoms with Gasteiger partial charge in [0.05, 0.1) is 0 Å². The van der Waals surface area contributed by atoms with Gasteiger partial charge in [-0.25, -0.2) is 0 Å². The van der Waals surface area contributed by atoms with E-state index in [1.54, 1.807) is 7.11 Å². The minimum atomic E-state index is 0.498. The van der Waals surface area contributed by atoms with E-state index in [2.05, 4.69) is 32.2 Å². The summed E-state index contributed by atoms with van der Waals surface area (Å²) in [7, 11) is 1.77. The summed E-state index contributed by atoms with van der Waals surface area (Å²) in [5.41, 5.74) is 1.41. The highest BCUT2D eigenvalue weighted by atomic mass is 32.1. The maximum Gasteiger partial charge on any atom is 0.0462 e. The van der Waals surface area contributed by atoms with E-state index in [4.69, 9.17) is 4.74 Å². The molecule has 0 fully saturated rings. The van der Waals surface area contributed by atoms with Crippen molar-refractivity contribution in [3.63, 3.8) is 0 Å². The number of rotatable bonds is 7. The maximum atomic E-state index is 5.11. The Bertz CT molecular complexity index is 289. The lowest BCUT2D eigenvalue weighted by atomic mass is 10.1. The van der Waals surface area contributed by atoms with E-state index in [0.29, 0.717) is 6.04 Å². The number of thiophene rings is 1. The van der Waals surface area contributed by atoms with Crippen LogP contribution in [0.5, 0.6) is 0 Å². The molecule has 0 amide bonds. The highest BCUT2D eigenvalue weighted by Crippen LogP contribution is 2.28. The van der Waals surface area contributed by atoms with Gasteiger partial charge in [0, 0.05) is 29.5 Å². The van der Waals surface area contributed by atoms with Gasteiger partial charge >= 0.3 is 0 Å². The molecule has 0 spiro atoms. The largest absolute Gasteiger partial charge is 0.385 e. The minimum absolute atomic E-state index is 0.498. The van der Waals surface area contributed by atoms with E-state index in [-0.39, 0.29) is 0 Å². The molecule has 2 nitrogen and oxygen atoms in total. The first-order valence-corrected chi connectivity index (χ1v) is 6.80. The van der Waals surface area contributed by atoms with Gasteiger partial charge in [0.1, 0.15) is 0 Å². The van der Waals surface area contributed by atoms with Gasteiger partial charge < -0.3 is 10.1 Å². The first-order valence-electron chi connectivity index (χ1n) is 5.98. The SMILES string of the molecule is CCNC(CCCOC)c1cc(C)c(C)s1. The highest BCUT2D eigenvalue weighted by Gasteiger charge is 2.13. The normalized spacial score (nSPS) is 13.0. The zero-order valence-electron chi connectivity index (χ0n) is 10.8. The molecule has 0 radical (unpaired) electrons. The predicted octanol–water partition coefficient (Wildman–Crippen LogP) is 3.44. The van der Waals surface area contributed by atoms with Gasteiger partial charge in [0.15, 0.2) is 0 Å². The topological polar surface area (TPSA) is 21.3 Å². The molecular formula is C13H23NOS. The molecule has 0 aliphatic heterocycles. The summed E-state index contributed by atoms with van der Waals surface area (Å²) in [4.78, 5) is 2.90. The fraction of sp³-hybridized carbons (Fsp3) is 0.692. The lowest BCUT2D eigenvalue weighted by Gasteiger charge is -2.15. The Hall–Kier alpha value is -0.380. The van der Waals surface area contributed by atoms with Crippen molar-refractivity contribution in [2.75, 3.05) is 20.3 Å². The minimum Gasteiger partial charge on any atom is -0.385 e. The standard InChI is InChI=1S/C13H23NOS/c1-5-14-12(7-6-8-15-4)13-9-10(2)11(3)16-13/h9,12,14H,5-8H2,1-4H3. The summed E-state index contributed by atoms with van der Waals surface area (Å²) in [6, 6.07) is 2.82. The molecule has 1 heterocycles. The van der Waals surface area contributed by atoms with Crippen molar-refractivity contribution in [3.8, 4) is 0 Å². The Balaban J connectivity index is 2.61. The molecule has 1 unspecified atom stereocenters. The van der Waals surface area contributed by atoms with Crippen molar-refractivity contribution in [2.45, 2.75) is 39.7 Å². The summed E-state index contributed by atoms with van der Waals surface area (Å²) >= 11 is 1.92. The average molecular weight is 241 g/mol. The Morgan fingerprint density at radius 3 is 2.69 bits per heavy atom. The van der Waals surface area contributed by atoms with Crippen LogP contribution in [0.4, 0.5) is 0 Å². The van der Waals surface area contributed by atoms with Gasteiger partial charge in [0.25, 0.3) is 0 Å². The molecule has 1 aromatic rings. The molecule has 3 heteroatoms. The van der Waals surface area contributed by atoms with Crippen molar-refractivity contribution in [1.82, 2.24) is 5.32 Å². The molecule has 1 N–H and O–H groups in total. The Morgan fingerprint density at radius 1 is 1.44 bits per heavy atom. The second-order valence-electron chi connectivity index (χ2n) is 4.13. The second-order valence-corrected chi connectivity index (χ2v) is 5.42. The Labute approximate surface area is 103 Å². The fourth-order valence-electron chi connectivity index (χ4n) is 1.80. The average Bonchev–Trinajstić information content (AvgIpc) is 2.58. The highest BCUT2D eigenvalue weighted by molar-refractivity contribution is 7.12. The molecule has 0 saturated heterocycles. The van der Waals surface area contributed by atoms with E-state index in [1.807, 2.05) is 11.3 Å². The lowest BCUT2D eigenvalue weighted by Crippen LogP contribution is -2.20. The summed E-state index contributed by atoms with van der Waals surface area (Å²) in [5, 5.41) is 3.55. The van der Waals surface area contributed by atoms with Crippen LogP contribution in [0.1, 0.15) is 41.1 Å². The second kappa shape index (κ2) is 7.05. The van der Waals surface area contributed by atoms with Crippen LogP contribution >= 0.6 is 11.3 Å². The third-order valence-corrected chi connectivity index (χ3v) is 4.09. The van der Waals surface area contributed by atoms with Crippen molar-refractivity contribution in [1.29, 1.82) is 0 Å². The maximum absolute atomic E-state index is 5.11. The van der Waals surface area contributed by atoms with E-state index in [0.717, 1.165) is 26.0 Å². The molecule has 16 heavy (non-hydrogen) atoms. The molecule has 92 valence electrons. The predicted molar refractivity (Wildman–Crippen MR) is 71.3 cm³/mol. The van der Waals surface area contributed by atoms with Gasteiger partial charge in [-0.3, -0.25) is 0 Å². The van der Waals surface area contributed by atoms with Gasteiger partial charge in [-0.1, -0.05) is 6.92 Å². The number of aryl methyl sites for hydroxylation is 2. The first-order chi connectivity index (χ1) is 7.69. The van der Waals surface area contributed by atoms with Gasteiger partial charge in [-0.15, -0.1) is 11.3 Å². The number of ether oxygens (including phenoxy) is 1. The summed E-state index contributed by atoms with van der Waals surface area (Å²) < 4.78 is 5.11. The summed E-state index contributed by atoms with van der Waals surface area (Å²) in [6.07, 6.45) is 2.27. The molecule has 0 saturated carbocycles. The van der Waals surface area contributed by atoms with Crippen molar-refractivity contribution in [3.05, 3.63) is 21.4 Å². The Kier molecular flexibility index (Phi) is 6.03. The number of hydrogen-bond acceptors (Lipinski definition) is 3. The number of nitrogens with one attached hydrogen (secondary N) is 1. The van der Waals surface area contributed by atoms with Crippen LogP contribution in [0.3, 0.4) is 0 Å². The monoisotopic (exact) mass is 241 g/mol. The van der Waals surface area contributed by atoms with Crippen LogP contribution in [0, 0.1) is 13.8 Å². The van der Waals surface area contributed by atoms with Gasteiger partial charge in [0.2, 0.25) is 0 Å². The van der Waals surface area contributed by atoms with Crippen molar-refractivity contribution >= 4 is 11.3 Å². The van der Waals surface area contributed by atoms with Crippen molar-refractivity contribution < 1.29 is 4.74 Å². The van der Waals surface area contributed by atoms with Gasteiger partial charge in [-0.2, -0.15) is 0 Å². The molecule has 1 atom stereocenters. The van der Waals surface area contributed by atoms with Crippen LogP contribution in [0.15, 0.2) is 6.07 Å². The third-order valence-electron chi connectivity index (χ3n) is 2.82. The molecular weight excluding hydrogens is 218 g/mol. The van der Waals surface area contributed by atoms with Crippen molar-refractivity contribution in [2.24, 2.45) is 0 Å². The van der Waals surface area contributed by atoms with E-state index in [1.165, 1.54) is 15.3 Å². The van der Waals surface area contributed by atoms with E-state index >= 15 is 0 Å². The zero-order valence-corrected chi connectivity index (χ0v) is 11.6. The van der Waals surface area contributed by atoms with Crippen LogP contribution in [0.2, 0.25) is 0 Å². The molecule has 0 aliphatic carbocycles. The zero-order chi connectivity index (χ0) is 12.0. The number of hydrogen-bond donors (Lipinski definition) is 1. The van der Waals surface area contributed by atoms with E-state index < -0.39 is 0 Å². The van der Waals surface area contributed by atoms with Crippen LogP contribution in [-0.4, -0.2) is 20.3 Å². The number of methoxy groups -OCH3 is 1. The lowest BCUT2D eigenvalue weighted by molar-refractivity contribution is 0.189. The Morgan fingerprint density at radius 2 is 2.19 bits per heavy atom.